The molecule has 0 radical (unpaired) electrons. The van der Waals surface area contributed by atoms with Crippen molar-refractivity contribution in [1.82, 2.24) is 0 Å². The Bertz CT molecular complexity index is 955. The Morgan fingerprint density at radius 3 is 2.04 bits per heavy atom. The maximum absolute atomic E-state index is 12.5. The fourth-order valence-corrected chi connectivity index (χ4v) is 3.35. The molecule has 0 saturated carbocycles. The predicted octanol–water partition coefficient (Wildman–Crippen LogP) is 3.41. The van der Waals surface area contributed by atoms with Gasteiger partial charge in [-0.25, -0.2) is 8.42 Å². The number of hydrogen-bond donors (Lipinski definition) is 1. The highest BCUT2D eigenvalue weighted by molar-refractivity contribution is 7.92. The second-order valence-corrected chi connectivity index (χ2v) is 7.77. The number of nitrogens with zero attached hydrogens (tertiary/aromatic N) is 1. The quantitative estimate of drug-likeness (QED) is 0.609. The lowest BCUT2D eigenvalue weighted by Crippen LogP contribution is -2.32. The molecule has 2 aromatic carbocycles. The van der Waals surface area contributed by atoms with Crippen LogP contribution in [0.15, 0.2) is 53.4 Å². The SMILES string of the molecule is C[C@H](C(=O)Nc1ccc(C(F)(F)F)cc1)S(=O)(=O)c1ccc([N+](=O)[O-])cc1. The van der Waals surface area contributed by atoms with E-state index in [1.165, 1.54) is 0 Å². The number of carbonyl (C=O) groups is 1. The van der Waals surface area contributed by atoms with E-state index in [9.17, 15) is 36.5 Å². The molecule has 0 aromatic heterocycles. The molecule has 0 aliphatic carbocycles. The molecule has 0 unspecified atom stereocenters. The fraction of sp³-hybridized carbons (Fsp3) is 0.188. The maximum Gasteiger partial charge on any atom is 0.416 e. The normalized spacial score (nSPS) is 13.0. The van der Waals surface area contributed by atoms with E-state index in [0.29, 0.717) is 0 Å². The van der Waals surface area contributed by atoms with Crippen LogP contribution in [-0.4, -0.2) is 24.5 Å². The summed E-state index contributed by atoms with van der Waals surface area (Å²) < 4.78 is 62.5. The van der Waals surface area contributed by atoms with Gasteiger partial charge in [0, 0.05) is 17.8 Å². The molecule has 1 atom stereocenters. The summed E-state index contributed by atoms with van der Waals surface area (Å²) in [6.07, 6.45) is -4.53. The number of halogens is 3. The zero-order valence-corrected chi connectivity index (χ0v) is 14.5. The summed E-state index contributed by atoms with van der Waals surface area (Å²) in [4.78, 5) is 21.8. The first-order valence-electron chi connectivity index (χ1n) is 7.39. The highest BCUT2D eigenvalue weighted by Crippen LogP contribution is 2.30. The van der Waals surface area contributed by atoms with Crippen LogP contribution in [0.25, 0.3) is 0 Å². The van der Waals surface area contributed by atoms with E-state index in [1.807, 2.05) is 0 Å². The third-order valence-corrected chi connectivity index (χ3v) is 5.76. The number of nitro groups is 1. The molecule has 0 spiro atoms. The standard InChI is InChI=1S/C16H13F3N2O5S/c1-10(27(25,26)14-8-6-13(7-9-14)21(23)24)15(22)20-12-4-2-11(3-5-12)16(17,18)19/h2-10H,1H3,(H,20,22)/t10-/m1/s1. The van der Waals surface area contributed by atoms with E-state index in [1.54, 1.807) is 0 Å². The van der Waals surface area contributed by atoms with Gasteiger partial charge in [-0.15, -0.1) is 0 Å². The lowest BCUT2D eigenvalue weighted by Gasteiger charge is -2.14. The van der Waals surface area contributed by atoms with Crippen molar-refractivity contribution in [1.29, 1.82) is 0 Å². The number of rotatable bonds is 5. The number of carbonyl (C=O) groups excluding carboxylic acids is 1. The van der Waals surface area contributed by atoms with Crippen molar-refractivity contribution < 1.29 is 31.3 Å². The van der Waals surface area contributed by atoms with Crippen LogP contribution in [0.4, 0.5) is 24.5 Å². The van der Waals surface area contributed by atoms with Crippen molar-refractivity contribution in [2.24, 2.45) is 0 Å². The van der Waals surface area contributed by atoms with Gasteiger partial charge in [0.1, 0.15) is 5.25 Å². The largest absolute Gasteiger partial charge is 0.416 e. The summed E-state index contributed by atoms with van der Waals surface area (Å²) in [7, 11) is -4.15. The molecular formula is C16H13F3N2O5S. The molecule has 1 amide bonds. The minimum absolute atomic E-state index is 0.00116. The summed E-state index contributed by atoms with van der Waals surface area (Å²) in [6, 6.07) is 7.53. The Labute approximate surface area is 151 Å². The van der Waals surface area contributed by atoms with Gasteiger partial charge >= 0.3 is 6.18 Å². The number of hydrogen-bond acceptors (Lipinski definition) is 5. The van der Waals surface area contributed by atoms with Crippen LogP contribution >= 0.6 is 0 Å². The summed E-state index contributed by atoms with van der Waals surface area (Å²) in [6.45, 7) is 1.11. The van der Waals surface area contributed by atoms with E-state index in [4.69, 9.17) is 0 Å². The molecule has 0 fully saturated rings. The van der Waals surface area contributed by atoms with Crippen LogP contribution in [0.5, 0.6) is 0 Å². The number of sulfone groups is 1. The molecule has 144 valence electrons. The monoisotopic (exact) mass is 402 g/mol. The first-order valence-corrected chi connectivity index (χ1v) is 8.94. The van der Waals surface area contributed by atoms with Gasteiger partial charge in [0.25, 0.3) is 5.69 Å². The summed E-state index contributed by atoms with van der Waals surface area (Å²) in [5.74, 6) is -0.951. The summed E-state index contributed by atoms with van der Waals surface area (Å²) >= 11 is 0. The first-order chi connectivity index (χ1) is 12.4. The van der Waals surface area contributed by atoms with E-state index in [0.717, 1.165) is 55.5 Å². The van der Waals surface area contributed by atoms with Crippen LogP contribution in [0.2, 0.25) is 0 Å². The number of amides is 1. The smallest absolute Gasteiger partial charge is 0.325 e. The van der Waals surface area contributed by atoms with Gasteiger partial charge in [-0.3, -0.25) is 14.9 Å². The third-order valence-electron chi connectivity index (χ3n) is 3.69. The Morgan fingerprint density at radius 1 is 1.07 bits per heavy atom. The highest BCUT2D eigenvalue weighted by atomic mass is 32.2. The molecule has 0 bridgehead atoms. The molecule has 0 heterocycles. The van der Waals surface area contributed by atoms with Crippen LogP contribution in [0, 0.1) is 10.1 Å². The fourth-order valence-electron chi connectivity index (χ4n) is 2.09. The molecule has 0 aliphatic heterocycles. The third kappa shape index (κ3) is 4.61. The molecule has 0 saturated heterocycles. The van der Waals surface area contributed by atoms with Crippen molar-refractivity contribution in [3.63, 3.8) is 0 Å². The first kappa shape index (κ1) is 20.4. The summed E-state index contributed by atoms with van der Waals surface area (Å²) in [5, 5.41) is 11.3. The number of alkyl halides is 3. The molecule has 11 heteroatoms. The number of nitro benzene ring substituents is 1. The van der Waals surface area contributed by atoms with E-state index in [-0.39, 0.29) is 16.3 Å². The van der Waals surface area contributed by atoms with E-state index >= 15 is 0 Å². The van der Waals surface area contributed by atoms with Crippen molar-refractivity contribution in [2.45, 2.75) is 23.2 Å². The minimum Gasteiger partial charge on any atom is -0.325 e. The molecular weight excluding hydrogens is 389 g/mol. The number of non-ortho nitro benzene ring substituents is 1. The number of benzene rings is 2. The molecule has 7 nitrogen and oxygen atoms in total. The Balaban J connectivity index is 2.16. The van der Waals surface area contributed by atoms with Crippen LogP contribution < -0.4 is 5.32 Å². The van der Waals surface area contributed by atoms with Crippen molar-refractivity contribution in [3.8, 4) is 0 Å². The van der Waals surface area contributed by atoms with Gasteiger partial charge in [0.2, 0.25) is 5.91 Å². The molecule has 27 heavy (non-hydrogen) atoms. The van der Waals surface area contributed by atoms with Gasteiger partial charge in [-0.05, 0) is 43.3 Å². The van der Waals surface area contributed by atoms with Crippen molar-refractivity contribution >= 4 is 27.1 Å². The Kier molecular flexibility index (Phi) is 5.54. The second kappa shape index (κ2) is 7.35. The van der Waals surface area contributed by atoms with Crippen molar-refractivity contribution in [2.75, 3.05) is 5.32 Å². The molecule has 0 aliphatic rings. The zero-order chi connectivity index (χ0) is 20.4. The number of anilines is 1. The maximum atomic E-state index is 12.5. The minimum atomic E-state index is -4.53. The van der Waals surface area contributed by atoms with Gasteiger partial charge in [-0.1, -0.05) is 0 Å². The topological polar surface area (TPSA) is 106 Å². The second-order valence-electron chi connectivity index (χ2n) is 5.50. The highest BCUT2D eigenvalue weighted by Gasteiger charge is 2.32. The van der Waals surface area contributed by atoms with E-state index in [2.05, 4.69) is 5.32 Å². The average Bonchev–Trinajstić information content (AvgIpc) is 2.60. The van der Waals surface area contributed by atoms with Crippen LogP contribution in [0.3, 0.4) is 0 Å². The molecule has 1 N–H and O–H groups in total. The van der Waals surface area contributed by atoms with Gasteiger partial charge in [0.15, 0.2) is 9.84 Å². The average molecular weight is 402 g/mol. The Morgan fingerprint density at radius 2 is 1.59 bits per heavy atom. The lowest BCUT2D eigenvalue weighted by atomic mass is 10.2. The molecule has 2 rings (SSSR count). The molecule has 2 aromatic rings. The lowest BCUT2D eigenvalue weighted by molar-refractivity contribution is -0.384. The predicted molar refractivity (Wildman–Crippen MR) is 89.8 cm³/mol. The Hall–Kier alpha value is -2.95. The van der Waals surface area contributed by atoms with Crippen LogP contribution in [-0.2, 0) is 20.8 Å². The van der Waals surface area contributed by atoms with Crippen LogP contribution in [0.1, 0.15) is 12.5 Å². The van der Waals surface area contributed by atoms with Crippen molar-refractivity contribution in [3.05, 3.63) is 64.2 Å². The number of nitrogens with one attached hydrogen (secondary N) is 1. The van der Waals surface area contributed by atoms with Gasteiger partial charge in [0.05, 0.1) is 15.4 Å². The van der Waals surface area contributed by atoms with Gasteiger partial charge < -0.3 is 5.32 Å². The summed E-state index contributed by atoms with van der Waals surface area (Å²) in [5.41, 5.74) is -1.22. The van der Waals surface area contributed by atoms with Gasteiger partial charge in [-0.2, -0.15) is 13.2 Å². The zero-order valence-electron chi connectivity index (χ0n) is 13.7. The van der Waals surface area contributed by atoms with E-state index < -0.39 is 37.7 Å².